The second-order valence-corrected chi connectivity index (χ2v) is 4.61. The van der Waals surface area contributed by atoms with Crippen molar-refractivity contribution < 1.29 is 0 Å². The number of amidine groups is 1. The highest BCUT2D eigenvalue weighted by molar-refractivity contribution is 7.99. The molecule has 0 aliphatic rings. The van der Waals surface area contributed by atoms with Crippen molar-refractivity contribution in [3.05, 3.63) is 46.1 Å². The van der Waals surface area contributed by atoms with Crippen LogP contribution in [0.3, 0.4) is 0 Å². The number of aryl methyl sites for hydroxylation is 1. The fourth-order valence-corrected chi connectivity index (χ4v) is 2.34. The number of H-pyrrole nitrogens is 1. The number of nitrogens with zero attached hydrogens (tertiary/aromatic N) is 2. The Kier molecular flexibility index (Phi) is 3.42. The van der Waals surface area contributed by atoms with E-state index >= 15 is 0 Å². The molecule has 0 fully saturated rings. The molecule has 2 aromatic heterocycles. The van der Waals surface area contributed by atoms with Crippen molar-refractivity contribution in [2.24, 2.45) is 5.73 Å². The molecule has 18 heavy (non-hydrogen) atoms. The largest absolute Gasteiger partial charge is 0.384 e. The summed E-state index contributed by atoms with van der Waals surface area (Å²) in [6, 6.07) is 3.07. The van der Waals surface area contributed by atoms with Gasteiger partial charge in [0, 0.05) is 34.6 Å². The van der Waals surface area contributed by atoms with Crippen molar-refractivity contribution in [3.8, 4) is 0 Å². The van der Waals surface area contributed by atoms with Crippen LogP contribution in [0, 0.1) is 12.3 Å². The van der Waals surface area contributed by atoms with E-state index in [-0.39, 0.29) is 11.4 Å². The fraction of sp³-hybridized carbons (Fsp3) is 0.0909. The minimum Gasteiger partial charge on any atom is -0.384 e. The topological polar surface area (TPSA) is 109 Å². The Balaban J connectivity index is 2.40. The smallest absolute Gasteiger partial charge is 0.251 e. The third kappa shape index (κ3) is 2.75. The van der Waals surface area contributed by atoms with Crippen molar-refractivity contribution >= 4 is 17.6 Å². The molecule has 0 unspecified atom stereocenters. The first-order valence-electron chi connectivity index (χ1n) is 5.10. The molecular weight excluding hydrogens is 250 g/mol. The number of pyridine rings is 1. The number of hydrogen-bond donors (Lipinski definition) is 3. The van der Waals surface area contributed by atoms with Gasteiger partial charge >= 0.3 is 0 Å². The van der Waals surface area contributed by atoms with E-state index in [1.807, 2.05) is 0 Å². The molecule has 0 amide bonds. The summed E-state index contributed by atoms with van der Waals surface area (Å²) in [6.45, 7) is 1.74. The Morgan fingerprint density at radius 2 is 2.33 bits per heavy atom. The van der Waals surface area contributed by atoms with Crippen LogP contribution in [0.2, 0.25) is 0 Å². The van der Waals surface area contributed by atoms with Gasteiger partial charge in [-0.3, -0.25) is 15.2 Å². The van der Waals surface area contributed by atoms with Crippen LogP contribution >= 0.6 is 11.8 Å². The van der Waals surface area contributed by atoms with Crippen LogP contribution in [0.15, 0.2) is 39.4 Å². The van der Waals surface area contributed by atoms with Crippen LogP contribution in [-0.2, 0) is 0 Å². The summed E-state index contributed by atoms with van der Waals surface area (Å²) >= 11 is 1.22. The Morgan fingerprint density at radius 3 is 3.00 bits per heavy atom. The van der Waals surface area contributed by atoms with Gasteiger partial charge in [0.15, 0.2) is 5.16 Å². The standard InChI is InChI=1S/C11H11N5OS/c1-6-4-9(17)16-11(15-6)18-8-5-14-3-2-7(8)10(12)13/h2-5H,1H3,(H3,12,13)(H,15,16,17). The summed E-state index contributed by atoms with van der Waals surface area (Å²) in [5.41, 5.74) is 6.47. The van der Waals surface area contributed by atoms with Gasteiger partial charge in [0.05, 0.1) is 0 Å². The van der Waals surface area contributed by atoms with Gasteiger partial charge in [0.25, 0.3) is 5.56 Å². The molecule has 7 heteroatoms. The Bertz CT molecular complexity index is 652. The zero-order valence-corrected chi connectivity index (χ0v) is 10.4. The Labute approximate surface area is 107 Å². The van der Waals surface area contributed by atoms with Crippen LogP contribution in [0.25, 0.3) is 0 Å². The molecule has 0 aliphatic heterocycles. The lowest BCUT2D eigenvalue weighted by atomic mass is 10.2. The second kappa shape index (κ2) is 5.01. The Hall–Kier alpha value is -2.15. The molecule has 0 aromatic carbocycles. The number of rotatable bonds is 3. The lowest BCUT2D eigenvalue weighted by Crippen LogP contribution is -2.13. The van der Waals surface area contributed by atoms with E-state index in [1.54, 1.807) is 25.4 Å². The molecule has 0 bridgehead atoms. The number of nitrogens with one attached hydrogen (secondary N) is 2. The third-order valence-corrected chi connectivity index (χ3v) is 3.06. The maximum atomic E-state index is 11.3. The van der Waals surface area contributed by atoms with Crippen molar-refractivity contribution in [2.45, 2.75) is 17.0 Å². The minimum absolute atomic E-state index is 0.0464. The van der Waals surface area contributed by atoms with Gasteiger partial charge in [0.2, 0.25) is 0 Å². The van der Waals surface area contributed by atoms with Crippen LogP contribution in [0.4, 0.5) is 0 Å². The zero-order valence-electron chi connectivity index (χ0n) is 9.60. The predicted molar refractivity (Wildman–Crippen MR) is 69.0 cm³/mol. The quantitative estimate of drug-likeness (QED) is 0.432. The SMILES string of the molecule is Cc1cc(=O)[nH]c(Sc2cnccc2C(=N)N)n1. The van der Waals surface area contributed by atoms with E-state index in [9.17, 15) is 4.79 Å². The highest BCUT2D eigenvalue weighted by Gasteiger charge is 2.08. The van der Waals surface area contributed by atoms with Gasteiger partial charge < -0.3 is 10.7 Å². The number of hydrogen-bond acceptors (Lipinski definition) is 5. The van der Waals surface area contributed by atoms with Gasteiger partial charge in [-0.05, 0) is 24.8 Å². The van der Waals surface area contributed by atoms with E-state index in [2.05, 4.69) is 15.0 Å². The molecule has 0 radical (unpaired) electrons. The van der Waals surface area contributed by atoms with Crippen LogP contribution < -0.4 is 11.3 Å². The van der Waals surface area contributed by atoms with Gasteiger partial charge in [-0.15, -0.1) is 0 Å². The van der Waals surface area contributed by atoms with E-state index in [1.165, 1.54) is 17.8 Å². The van der Waals surface area contributed by atoms with Crippen molar-refractivity contribution in [1.82, 2.24) is 15.0 Å². The van der Waals surface area contributed by atoms with Gasteiger partial charge in [0.1, 0.15) is 5.84 Å². The molecule has 0 saturated carbocycles. The fourth-order valence-electron chi connectivity index (χ4n) is 1.39. The normalized spacial score (nSPS) is 10.3. The molecular formula is C11H11N5OS. The number of nitrogens with two attached hydrogens (primary N) is 1. The van der Waals surface area contributed by atoms with Crippen LogP contribution in [0.5, 0.6) is 0 Å². The molecule has 4 N–H and O–H groups in total. The zero-order chi connectivity index (χ0) is 13.1. The minimum atomic E-state index is -0.210. The van der Waals surface area contributed by atoms with Crippen molar-refractivity contribution in [1.29, 1.82) is 5.41 Å². The first kappa shape index (κ1) is 12.3. The summed E-state index contributed by atoms with van der Waals surface area (Å²) in [5.74, 6) is -0.0464. The van der Waals surface area contributed by atoms with E-state index in [0.29, 0.717) is 21.3 Å². The van der Waals surface area contributed by atoms with Gasteiger partial charge in [-0.25, -0.2) is 4.98 Å². The average Bonchev–Trinajstić information content (AvgIpc) is 2.27. The van der Waals surface area contributed by atoms with Crippen molar-refractivity contribution in [2.75, 3.05) is 0 Å². The lowest BCUT2D eigenvalue weighted by molar-refractivity contribution is 0.904. The highest BCUT2D eigenvalue weighted by Crippen LogP contribution is 2.26. The van der Waals surface area contributed by atoms with E-state index < -0.39 is 0 Å². The summed E-state index contributed by atoms with van der Waals surface area (Å²) in [6.07, 6.45) is 3.15. The predicted octanol–water partition coefficient (Wildman–Crippen LogP) is 0.909. The molecule has 2 aromatic rings. The maximum absolute atomic E-state index is 11.3. The number of nitrogen functional groups attached to an aromatic ring is 1. The number of aromatic nitrogens is 3. The van der Waals surface area contributed by atoms with Gasteiger partial charge in [-0.2, -0.15) is 0 Å². The molecule has 0 aliphatic carbocycles. The first-order valence-corrected chi connectivity index (χ1v) is 5.92. The maximum Gasteiger partial charge on any atom is 0.251 e. The summed E-state index contributed by atoms with van der Waals surface area (Å²) < 4.78 is 0. The van der Waals surface area contributed by atoms with Gasteiger partial charge in [-0.1, -0.05) is 0 Å². The number of aromatic amines is 1. The van der Waals surface area contributed by atoms with Crippen LogP contribution in [-0.4, -0.2) is 20.8 Å². The van der Waals surface area contributed by atoms with Crippen molar-refractivity contribution in [3.63, 3.8) is 0 Å². The average molecular weight is 261 g/mol. The highest BCUT2D eigenvalue weighted by atomic mass is 32.2. The van der Waals surface area contributed by atoms with E-state index in [4.69, 9.17) is 11.1 Å². The van der Waals surface area contributed by atoms with E-state index in [0.717, 1.165) is 0 Å². The first-order chi connectivity index (χ1) is 8.56. The molecule has 0 spiro atoms. The molecule has 92 valence electrons. The monoisotopic (exact) mass is 261 g/mol. The summed E-state index contributed by atoms with van der Waals surface area (Å²) in [5, 5.41) is 7.93. The molecule has 2 rings (SSSR count). The third-order valence-electron chi connectivity index (χ3n) is 2.13. The molecule has 2 heterocycles. The lowest BCUT2D eigenvalue weighted by Gasteiger charge is -2.06. The molecule has 6 nitrogen and oxygen atoms in total. The molecule has 0 saturated heterocycles. The summed E-state index contributed by atoms with van der Waals surface area (Å²) in [4.78, 5) is 22.8. The van der Waals surface area contributed by atoms with Crippen LogP contribution in [0.1, 0.15) is 11.3 Å². The Morgan fingerprint density at radius 1 is 1.56 bits per heavy atom. The molecule has 0 atom stereocenters. The summed E-state index contributed by atoms with van der Waals surface area (Å²) in [7, 11) is 0. The second-order valence-electron chi connectivity index (χ2n) is 3.58.